The summed E-state index contributed by atoms with van der Waals surface area (Å²) in [6, 6.07) is 119. The lowest BCUT2D eigenvalue weighted by molar-refractivity contribution is 0.487. The van der Waals surface area contributed by atoms with E-state index < -0.39 is 10.8 Å². The second-order valence-corrected chi connectivity index (χ2v) is 25.5. The molecule has 2 unspecified atom stereocenters. The Morgan fingerprint density at radius 2 is 0.641 bits per heavy atom. The topological polar surface area (TPSA) is 18.5 Å². The molecule has 2 heteroatoms. The maximum atomic E-state index is 6.68. The molecular weight excluding hydrogens is 1110 g/mol. The summed E-state index contributed by atoms with van der Waals surface area (Å²) >= 11 is 0. The first-order valence-corrected chi connectivity index (χ1v) is 32.0. The third-order valence-corrected chi connectivity index (χ3v) is 21.4. The van der Waals surface area contributed by atoms with Crippen molar-refractivity contribution in [2.45, 2.75) is 10.8 Å². The molecule has 16 aromatic rings. The largest absolute Gasteiger partial charge is 0.456 e. The number of rotatable bonds is 5. The minimum absolute atomic E-state index is 0.605. The lowest BCUT2D eigenvalue weighted by Gasteiger charge is -2.36. The molecule has 0 fully saturated rings. The van der Waals surface area contributed by atoms with Crippen LogP contribution in [-0.4, -0.2) is 0 Å². The highest BCUT2D eigenvalue weighted by atomic mass is 16.5. The van der Waals surface area contributed by atoms with Crippen LogP contribution in [0.4, 0.5) is 0 Å². The summed E-state index contributed by atoms with van der Waals surface area (Å²) in [5.41, 5.74) is 28.5. The molecule has 16 aromatic carbocycles. The zero-order chi connectivity index (χ0) is 60.0. The average molecular weight is 1170 g/mol. The van der Waals surface area contributed by atoms with Crippen LogP contribution in [0.1, 0.15) is 44.5 Å². The molecule has 21 rings (SSSR count). The quantitative estimate of drug-likeness (QED) is 0.171. The maximum Gasteiger partial charge on any atom is 0.135 e. The van der Waals surface area contributed by atoms with Crippen molar-refractivity contribution in [3.8, 4) is 112 Å². The molecule has 2 nitrogen and oxygen atoms in total. The molecular formula is C90H52O2. The molecule has 0 amide bonds. The highest BCUT2D eigenvalue weighted by Gasteiger charge is 2.53. The van der Waals surface area contributed by atoms with Crippen molar-refractivity contribution in [2.24, 2.45) is 0 Å². The second-order valence-electron chi connectivity index (χ2n) is 25.5. The molecule has 0 N–H and O–H groups in total. The van der Waals surface area contributed by atoms with E-state index in [4.69, 9.17) is 9.47 Å². The Hall–Kier alpha value is -11.8. The molecule has 0 saturated carbocycles. The van der Waals surface area contributed by atoms with Gasteiger partial charge in [-0.15, -0.1) is 0 Å². The van der Waals surface area contributed by atoms with Crippen LogP contribution in [0.3, 0.4) is 0 Å². The third kappa shape index (κ3) is 6.42. The standard InChI is InChI=1S/C90H52O2/c1-2-21-57(22-3-1)89(76-34-11-6-24-62(76)61-45-48-85-87-69(61)31-18-33-71(87)67-28-10-15-38-83(67)92-85)77-35-12-7-26-64(77)75-52-73-54(50-81(75)89)20-16-29-58(73)55-41-46-79-74(49-55)63-25-8-13-36-78(63)90(79)80-51-56(40-42-65(80)72-43-39-53-19-4-5-23-60(53)88(72)90)59-44-47-84-86-68(59)30-17-32-70(86)66-27-9-14-37-82(66)91-84/h1-52H. The SMILES string of the molecule is c1ccc(C2(c3ccccc3-c3ccc4c5c(cccc35)-c3ccccc3O4)c3ccccc3-c3cc4c(-c5ccc6c(c5)-c5ccccc5C65c6cc(-c7ccc8c9c(cccc79)-c7ccccc7O8)ccc6-c6ccc7ccccc7c65)cccc4cc32)cc1. The van der Waals surface area contributed by atoms with Crippen LogP contribution in [0.5, 0.6) is 23.0 Å². The van der Waals surface area contributed by atoms with Crippen LogP contribution in [0.15, 0.2) is 315 Å². The van der Waals surface area contributed by atoms with Gasteiger partial charge in [-0.25, -0.2) is 0 Å². The molecule has 0 radical (unpaired) electrons. The smallest absolute Gasteiger partial charge is 0.135 e. The number of hydrogen-bond acceptors (Lipinski definition) is 2. The van der Waals surface area contributed by atoms with E-state index in [-0.39, 0.29) is 0 Å². The molecule has 2 atom stereocenters. The Bertz CT molecular complexity index is 5970. The van der Waals surface area contributed by atoms with E-state index in [2.05, 4.69) is 315 Å². The van der Waals surface area contributed by atoms with E-state index in [1.807, 2.05) is 0 Å². The minimum Gasteiger partial charge on any atom is -0.456 e. The predicted molar refractivity (Wildman–Crippen MR) is 377 cm³/mol. The monoisotopic (exact) mass is 1160 g/mol. The van der Waals surface area contributed by atoms with Gasteiger partial charge >= 0.3 is 0 Å². The summed E-state index contributed by atoms with van der Waals surface area (Å²) < 4.78 is 13.3. The maximum absolute atomic E-state index is 6.68. The Morgan fingerprint density at radius 3 is 1.35 bits per heavy atom. The number of para-hydroxylation sites is 2. The molecule has 0 aromatic heterocycles. The van der Waals surface area contributed by atoms with Gasteiger partial charge in [0.1, 0.15) is 23.0 Å². The summed E-state index contributed by atoms with van der Waals surface area (Å²) in [5.74, 6) is 3.57. The van der Waals surface area contributed by atoms with Gasteiger partial charge in [0, 0.05) is 21.9 Å². The molecule has 2 aliphatic heterocycles. The Labute approximate surface area is 532 Å². The third-order valence-electron chi connectivity index (χ3n) is 21.4. The molecule has 3 aliphatic carbocycles. The predicted octanol–water partition coefficient (Wildman–Crippen LogP) is 23.6. The summed E-state index contributed by atoms with van der Waals surface area (Å²) in [6.45, 7) is 0. The van der Waals surface area contributed by atoms with Crippen molar-refractivity contribution in [1.82, 2.24) is 0 Å². The fourth-order valence-corrected chi connectivity index (χ4v) is 17.7. The van der Waals surface area contributed by atoms with Crippen molar-refractivity contribution < 1.29 is 9.47 Å². The van der Waals surface area contributed by atoms with Gasteiger partial charge in [-0.05, 0) is 203 Å². The minimum atomic E-state index is -0.672. The lowest BCUT2D eigenvalue weighted by atomic mass is 9.65. The van der Waals surface area contributed by atoms with Gasteiger partial charge in [0.05, 0.1) is 10.8 Å². The zero-order valence-corrected chi connectivity index (χ0v) is 49.8. The van der Waals surface area contributed by atoms with Gasteiger partial charge < -0.3 is 9.47 Å². The van der Waals surface area contributed by atoms with Crippen LogP contribution in [0.2, 0.25) is 0 Å². The van der Waals surface area contributed by atoms with E-state index >= 15 is 0 Å². The van der Waals surface area contributed by atoms with E-state index in [1.54, 1.807) is 0 Å². The second kappa shape index (κ2) is 18.4. The molecule has 92 heavy (non-hydrogen) atoms. The van der Waals surface area contributed by atoms with Crippen LogP contribution < -0.4 is 9.47 Å². The van der Waals surface area contributed by atoms with Gasteiger partial charge in [-0.1, -0.05) is 267 Å². The first-order chi connectivity index (χ1) is 45.6. The number of hydrogen-bond donors (Lipinski definition) is 0. The van der Waals surface area contributed by atoms with Gasteiger partial charge in [0.25, 0.3) is 0 Å². The normalized spacial score (nSPS) is 16.1. The van der Waals surface area contributed by atoms with Gasteiger partial charge in [0.15, 0.2) is 0 Å². The Kier molecular flexibility index (Phi) is 10.0. The van der Waals surface area contributed by atoms with Crippen molar-refractivity contribution in [2.75, 3.05) is 0 Å². The van der Waals surface area contributed by atoms with Crippen LogP contribution in [-0.2, 0) is 10.8 Å². The molecule has 5 aliphatic rings. The first-order valence-electron chi connectivity index (χ1n) is 32.0. The summed E-state index contributed by atoms with van der Waals surface area (Å²) in [5, 5.41) is 9.62. The van der Waals surface area contributed by atoms with E-state index in [1.165, 1.54) is 155 Å². The van der Waals surface area contributed by atoms with Crippen LogP contribution >= 0.6 is 0 Å². The first kappa shape index (κ1) is 50.1. The summed E-state index contributed by atoms with van der Waals surface area (Å²) in [4.78, 5) is 0. The van der Waals surface area contributed by atoms with Crippen molar-refractivity contribution in [1.29, 1.82) is 0 Å². The van der Waals surface area contributed by atoms with Gasteiger partial charge in [0.2, 0.25) is 0 Å². The van der Waals surface area contributed by atoms with Gasteiger partial charge in [-0.3, -0.25) is 0 Å². The Morgan fingerprint density at radius 1 is 0.196 bits per heavy atom. The highest BCUT2D eigenvalue weighted by Crippen LogP contribution is 2.66. The fourth-order valence-electron chi connectivity index (χ4n) is 17.7. The fraction of sp³-hybridized carbons (Fsp3) is 0.0222. The van der Waals surface area contributed by atoms with E-state index in [0.29, 0.717) is 0 Å². The number of benzene rings is 16. The molecule has 1 spiro atoms. The van der Waals surface area contributed by atoms with Crippen LogP contribution in [0, 0.1) is 0 Å². The van der Waals surface area contributed by atoms with Gasteiger partial charge in [-0.2, -0.15) is 0 Å². The zero-order valence-electron chi connectivity index (χ0n) is 49.8. The van der Waals surface area contributed by atoms with E-state index in [0.717, 1.165) is 44.9 Å². The molecule has 0 bridgehead atoms. The highest BCUT2D eigenvalue weighted by molar-refractivity contribution is 6.13. The molecule has 424 valence electrons. The summed E-state index contributed by atoms with van der Waals surface area (Å²) in [6.07, 6.45) is 0. The van der Waals surface area contributed by atoms with Crippen molar-refractivity contribution >= 4 is 43.1 Å². The Balaban J connectivity index is 0.763. The molecule has 0 saturated heterocycles. The van der Waals surface area contributed by atoms with E-state index in [9.17, 15) is 0 Å². The van der Waals surface area contributed by atoms with Crippen molar-refractivity contribution in [3.63, 3.8) is 0 Å². The summed E-state index contributed by atoms with van der Waals surface area (Å²) in [7, 11) is 0. The van der Waals surface area contributed by atoms with Crippen molar-refractivity contribution in [3.05, 3.63) is 360 Å². The van der Waals surface area contributed by atoms with Crippen LogP contribution in [0.25, 0.3) is 132 Å². The lowest BCUT2D eigenvalue weighted by Crippen LogP contribution is -2.29. The number of fused-ring (bicyclic) bond motifs is 20. The molecule has 2 heterocycles. The number of ether oxygens (including phenoxy) is 2. The average Bonchev–Trinajstić information content (AvgIpc) is 1.50.